The van der Waals surface area contributed by atoms with Gasteiger partial charge in [-0.2, -0.15) is 5.10 Å². The summed E-state index contributed by atoms with van der Waals surface area (Å²) in [5.74, 6) is -0.611. The number of aryl methyl sites for hydroxylation is 1. The van der Waals surface area contributed by atoms with E-state index < -0.39 is 18.5 Å². The fraction of sp³-hybridized carbons (Fsp3) is 0.150. The van der Waals surface area contributed by atoms with E-state index in [-0.39, 0.29) is 22.0 Å². The van der Waals surface area contributed by atoms with Gasteiger partial charge in [-0.1, -0.05) is 29.8 Å². The van der Waals surface area contributed by atoms with Gasteiger partial charge in [0.15, 0.2) is 6.61 Å². The van der Waals surface area contributed by atoms with Crippen LogP contribution in [-0.2, 0) is 9.53 Å². The normalized spacial score (nSPS) is 10.4. The van der Waals surface area contributed by atoms with Crippen molar-refractivity contribution in [2.45, 2.75) is 6.92 Å². The zero-order chi connectivity index (χ0) is 21.0. The highest BCUT2D eigenvalue weighted by atomic mass is 35.5. The number of esters is 1. The average Bonchev–Trinajstić information content (AvgIpc) is 3.08. The number of ether oxygens (including phenoxy) is 2. The van der Waals surface area contributed by atoms with Crippen molar-refractivity contribution in [1.82, 2.24) is 9.78 Å². The third-order valence-corrected chi connectivity index (χ3v) is 4.30. The zero-order valence-corrected chi connectivity index (χ0v) is 16.6. The third-order valence-electron chi connectivity index (χ3n) is 3.97. The molecule has 0 atom stereocenters. The van der Waals surface area contributed by atoms with E-state index in [1.165, 1.54) is 19.2 Å². The van der Waals surface area contributed by atoms with Gasteiger partial charge in [-0.15, -0.1) is 0 Å². The predicted octanol–water partition coefficient (Wildman–Crippen LogP) is 3.22. The standard InChI is InChI=1S/C20H19ClN4O4/c1-12-8-18(25(24-12)13-6-4-3-5-7-13)23-19(26)11-29-20(27)14-9-15(21)16(22)10-17(14)28-2/h3-10H,11,22H2,1-2H3,(H,23,26). The number of methoxy groups -OCH3 is 1. The van der Waals surface area contributed by atoms with Crippen molar-refractivity contribution in [2.24, 2.45) is 0 Å². The second-order valence-electron chi connectivity index (χ2n) is 6.12. The molecule has 0 aliphatic heterocycles. The van der Waals surface area contributed by atoms with Gasteiger partial charge in [-0.25, -0.2) is 9.48 Å². The lowest BCUT2D eigenvalue weighted by Gasteiger charge is -2.11. The monoisotopic (exact) mass is 414 g/mol. The molecule has 0 radical (unpaired) electrons. The molecular weight excluding hydrogens is 396 g/mol. The Hall–Kier alpha value is -3.52. The van der Waals surface area contributed by atoms with Gasteiger partial charge in [0, 0.05) is 12.1 Å². The van der Waals surface area contributed by atoms with Crippen LogP contribution in [0.3, 0.4) is 0 Å². The van der Waals surface area contributed by atoms with Gasteiger partial charge in [0.1, 0.15) is 17.1 Å². The van der Waals surface area contributed by atoms with Crippen molar-refractivity contribution in [3.05, 3.63) is 64.8 Å². The number of nitrogens with one attached hydrogen (secondary N) is 1. The Kier molecular flexibility index (Phi) is 6.04. The number of carbonyl (C=O) groups excluding carboxylic acids is 2. The van der Waals surface area contributed by atoms with Crippen molar-refractivity contribution in [3.8, 4) is 11.4 Å². The minimum absolute atomic E-state index is 0.0738. The van der Waals surface area contributed by atoms with E-state index in [2.05, 4.69) is 10.4 Å². The molecule has 150 valence electrons. The van der Waals surface area contributed by atoms with E-state index in [9.17, 15) is 9.59 Å². The number of halogens is 1. The Balaban J connectivity index is 1.69. The van der Waals surface area contributed by atoms with Crippen molar-refractivity contribution >= 4 is 35.0 Å². The second kappa shape index (κ2) is 8.66. The molecule has 3 N–H and O–H groups in total. The smallest absolute Gasteiger partial charge is 0.342 e. The zero-order valence-electron chi connectivity index (χ0n) is 15.8. The van der Waals surface area contributed by atoms with Crippen molar-refractivity contribution in [3.63, 3.8) is 0 Å². The van der Waals surface area contributed by atoms with Gasteiger partial charge < -0.3 is 20.5 Å². The average molecular weight is 415 g/mol. The SMILES string of the molecule is COc1cc(N)c(Cl)cc1C(=O)OCC(=O)Nc1cc(C)nn1-c1ccccc1. The second-order valence-corrected chi connectivity index (χ2v) is 6.52. The highest BCUT2D eigenvalue weighted by Gasteiger charge is 2.18. The highest BCUT2D eigenvalue weighted by Crippen LogP contribution is 2.29. The number of nitrogen functional groups attached to an aromatic ring is 1. The number of amides is 1. The van der Waals surface area contributed by atoms with Crippen LogP contribution in [0, 0.1) is 6.92 Å². The highest BCUT2D eigenvalue weighted by molar-refractivity contribution is 6.33. The van der Waals surface area contributed by atoms with Crippen molar-refractivity contribution < 1.29 is 19.1 Å². The number of carbonyl (C=O) groups is 2. The number of aromatic nitrogens is 2. The molecule has 3 aromatic rings. The number of para-hydroxylation sites is 1. The molecule has 9 heteroatoms. The predicted molar refractivity (Wildman–Crippen MR) is 110 cm³/mol. The summed E-state index contributed by atoms with van der Waals surface area (Å²) < 4.78 is 11.8. The molecular formula is C20H19ClN4O4. The lowest BCUT2D eigenvalue weighted by atomic mass is 10.2. The van der Waals surface area contributed by atoms with E-state index in [0.717, 1.165) is 11.4 Å². The van der Waals surface area contributed by atoms with Crippen LogP contribution in [-0.4, -0.2) is 35.4 Å². The summed E-state index contributed by atoms with van der Waals surface area (Å²) in [6, 6.07) is 13.8. The van der Waals surface area contributed by atoms with Gasteiger partial charge in [-0.3, -0.25) is 4.79 Å². The maximum atomic E-state index is 12.3. The summed E-state index contributed by atoms with van der Waals surface area (Å²) in [5.41, 5.74) is 7.55. The first-order chi connectivity index (χ1) is 13.9. The van der Waals surface area contributed by atoms with Gasteiger partial charge >= 0.3 is 5.97 Å². The molecule has 8 nitrogen and oxygen atoms in total. The van der Waals surface area contributed by atoms with Crippen LogP contribution in [0.2, 0.25) is 5.02 Å². The quantitative estimate of drug-likeness (QED) is 0.473. The molecule has 29 heavy (non-hydrogen) atoms. The molecule has 0 unspecified atom stereocenters. The molecule has 1 amide bonds. The van der Waals surface area contributed by atoms with E-state index >= 15 is 0 Å². The number of benzene rings is 2. The van der Waals surface area contributed by atoms with Gasteiger partial charge in [0.25, 0.3) is 5.91 Å². The number of hydrogen-bond donors (Lipinski definition) is 2. The first-order valence-electron chi connectivity index (χ1n) is 8.61. The Morgan fingerprint density at radius 1 is 1.21 bits per heavy atom. The number of hydrogen-bond acceptors (Lipinski definition) is 6. The van der Waals surface area contributed by atoms with Crippen molar-refractivity contribution in [1.29, 1.82) is 0 Å². The van der Waals surface area contributed by atoms with Crippen LogP contribution >= 0.6 is 11.6 Å². The number of nitrogens with zero attached hydrogens (tertiary/aromatic N) is 2. The third kappa shape index (κ3) is 4.67. The Bertz CT molecular complexity index is 1050. The van der Waals surface area contributed by atoms with Gasteiger partial charge in [0.05, 0.1) is 29.2 Å². The topological polar surface area (TPSA) is 108 Å². The Morgan fingerprint density at radius 3 is 2.62 bits per heavy atom. The number of nitrogens with two attached hydrogens (primary N) is 1. The summed E-state index contributed by atoms with van der Waals surface area (Å²) in [4.78, 5) is 24.6. The summed E-state index contributed by atoms with van der Waals surface area (Å²) in [7, 11) is 1.39. The van der Waals surface area contributed by atoms with Crippen LogP contribution < -0.4 is 15.8 Å². The summed E-state index contributed by atoms with van der Waals surface area (Å²) >= 11 is 5.96. The van der Waals surface area contributed by atoms with Crippen LogP contribution in [0.4, 0.5) is 11.5 Å². The van der Waals surface area contributed by atoms with Crippen LogP contribution in [0.15, 0.2) is 48.5 Å². The van der Waals surface area contributed by atoms with Crippen LogP contribution in [0.5, 0.6) is 5.75 Å². The molecule has 3 rings (SSSR count). The molecule has 0 aliphatic rings. The molecule has 0 bridgehead atoms. The van der Waals surface area contributed by atoms with E-state index in [4.69, 9.17) is 26.8 Å². The molecule has 0 saturated heterocycles. The molecule has 2 aromatic carbocycles. The van der Waals surface area contributed by atoms with Gasteiger partial charge in [0.2, 0.25) is 0 Å². The summed E-state index contributed by atoms with van der Waals surface area (Å²) in [6.45, 7) is 1.31. The maximum Gasteiger partial charge on any atom is 0.342 e. The van der Waals surface area contributed by atoms with Crippen LogP contribution in [0.25, 0.3) is 5.69 Å². The minimum Gasteiger partial charge on any atom is -0.496 e. The minimum atomic E-state index is -0.758. The molecule has 0 fully saturated rings. The summed E-state index contributed by atoms with van der Waals surface area (Å²) in [5, 5.41) is 7.25. The first kappa shape index (κ1) is 20.2. The van der Waals surface area contributed by atoms with E-state index in [1.807, 2.05) is 37.3 Å². The van der Waals surface area contributed by atoms with Crippen molar-refractivity contribution in [2.75, 3.05) is 24.8 Å². The molecule has 0 spiro atoms. The first-order valence-corrected chi connectivity index (χ1v) is 8.99. The van der Waals surface area contributed by atoms with E-state index in [1.54, 1.807) is 10.7 Å². The molecule has 1 aromatic heterocycles. The molecule has 0 aliphatic carbocycles. The largest absolute Gasteiger partial charge is 0.496 e. The number of anilines is 2. The number of rotatable bonds is 6. The maximum absolute atomic E-state index is 12.3. The molecule has 0 saturated carbocycles. The van der Waals surface area contributed by atoms with E-state index in [0.29, 0.717) is 5.82 Å². The Labute approximate surface area is 172 Å². The van der Waals surface area contributed by atoms with Gasteiger partial charge in [-0.05, 0) is 25.1 Å². The fourth-order valence-corrected chi connectivity index (χ4v) is 2.80. The lowest BCUT2D eigenvalue weighted by molar-refractivity contribution is -0.119. The Morgan fingerprint density at radius 2 is 1.93 bits per heavy atom. The lowest BCUT2D eigenvalue weighted by Crippen LogP contribution is -2.22. The molecule has 1 heterocycles. The summed E-state index contributed by atoms with van der Waals surface area (Å²) in [6.07, 6.45) is 0. The van der Waals surface area contributed by atoms with Crippen LogP contribution in [0.1, 0.15) is 16.1 Å². The fourth-order valence-electron chi connectivity index (χ4n) is 2.64.